The van der Waals surface area contributed by atoms with Gasteiger partial charge in [-0.3, -0.25) is 71.0 Å². The Bertz CT molecular complexity index is 5450. The van der Waals surface area contributed by atoms with Gasteiger partial charge in [-0.2, -0.15) is 30.2 Å². The number of nitrogens with zero attached hydrogens (tertiary/aromatic N) is 9. The van der Waals surface area contributed by atoms with E-state index in [1.54, 1.807) is 44.2 Å². The first-order chi connectivity index (χ1) is 55.9. The Morgan fingerprint density at radius 2 is 0.780 bits per heavy atom. The maximum atomic E-state index is 15.5. The lowest BCUT2D eigenvalue weighted by molar-refractivity contribution is -0.149. The maximum Gasteiger partial charge on any atom is 0.459 e. The number of benzene rings is 3. The molecule has 13 N–H and O–H groups in total. The average Bonchev–Trinajstić information content (AvgIpc) is 1.60. The highest BCUT2D eigenvalue weighted by Crippen LogP contribution is 2.53. The Labute approximate surface area is 679 Å². The summed E-state index contributed by atoms with van der Waals surface area (Å²) in [5.41, 5.74) is 1.42. The van der Waals surface area contributed by atoms with Crippen LogP contribution in [-0.4, -0.2) is 220 Å². The molecule has 0 saturated carbocycles. The zero-order valence-corrected chi connectivity index (χ0v) is 67.9. The summed E-state index contributed by atoms with van der Waals surface area (Å²) in [6.07, 6.45) is -16.1. The van der Waals surface area contributed by atoms with Gasteiger partial charge in [-0.1, -0.05) is 54.6 Å². The van der Waals surface area contributed by atoms with Gasteiger partial charge in [0, 0.05) is 0 Å². The third-order valence-corrected chi connectivity index (χ3v) is 24.7. The average molecular weight is 1780 g/mol. The number of ether oxygens (including phenoxy) is 6. The summed E-state index contributed by atoms with van der Waals surface area (Å²) in [4.78, 5) is 105. The Morgan fingerprint density at radius 3 is 1.08 bits per heavy atom. The van der Waals surface area contributed by atoms with Crippen molar-refractivity contribution >= 4 is 127 Å². The number of nitrogen functional groups attached to an aromatic ring is 1. The first kappa shape index (κ1) is 88.1. The van der Waals surface area contributed by atoms with E-state index in [2.05, 4.69) is 70.8 Å². The Morgan fingerprint density at radius 1 is 0.492 bits per heavy atom. The third kappa shape index (κ3) is 19.0. The first-order valence-corrected chi connectivity index (χ1v) is 41.6. The van der Waals surface area contributed by atoms with E-state index in [0.717, 1.165) is 32.7 Å². The highest BCUT2D eigenvalue weighted by molar-refractivity contribution is 7.52. The number of esters is 3. The fourth-order valence-electron chi connectivity index (χ4n) is 12.4. The van der Waals surface area contributed by atoms with Gasteiger partial charge in [0.1, 0.15) is 107 Å². The molecule has 3 saturated heterocycles. The number of hydrogen-bond acceptors (Lipinski definition) is 33. The predicted molar refractivity (Wildman–Crippen MR) is 412 cm³/mol. The number of anilines is 3. The van der Waals surface area contributed by atoms with Gasteiger partial charge in [-0.05, 0) is 84.9 Å². The second-order valence-corrected chi connectivity index (χ2v) is 34.6. The topological polar surface area (TPSA) is 551 Å². The molecule has 118 heavy (non-hydrogen) atoms. The van der Waals surface area contributed by atoms with Crippen molar-refractivity contribution in [3.8, 4) is 17.2 Å². The summed E-state index contributed by atoms with van der Waals surface area (Å²) in [6, 6.07) is 18.1. The number of nitrogens with one attached hydrogen (secondary N) is 8. The lowest BCUT2D eigenvalue weighted by atomic mass is 10.0. The number of aromatic amines is 3. The van der Waals surface area contributed by atoms with Gasteiger partial charge in [-0.15, -0.1) is 34.8 Å². The molecule has 638 valence electrons. The fraction of sp³-hybridized carbons (Fsp3) is 0.463. The smallest absolute Gasteiger partial charge is 0.459 e. The molecule has 3 aliphatic heterocycles. The van der Waals surface area contributed by atoms with Crippen LogP contribution in [0, 0.1) is 0 Å². The minimum absolute atomic E-state index is 0.0362. The van der Waals surface area contributed by atoms with E-state index in [1.807, 2.05) is 0 Å². The lowest BCUT2D eigenvalue weighted by Crippen LogP contribution is -2.44. The molecule has 9 heterocycles. The highest BCUT2D eigenvalue weighted by Gasteiger charge is 2.61. The number of aliphatic hydroxyl groups is 3. The summed E-state index contributed by atoms with van der Waals surface area (Å²) < 4.78 is 162. The van der Waals surface area contributed by atoms with Crippen LogP contribution in [0.3, 0.4) is 0 Å². The van der Waals surface area contributed by atoms with Crippen molar-refractivity contribution in [2.24, 2.45) is 0 Å². The van der Waals surface area contributed by atoms with Gasteiger partial charge in [0.25, 0.3) is 16.7 Å². The van der Waals surface area contributed by atoms with E-state index in [4.69, 9.17) is 96.1 Å². The van der Waals surface area contributed by atoms with Crippen LogP contribution in [0.4, 0.5) is 31.0 Å². The van der Waals surface area contributed by atoms with Crippen LogP contribution in [0.15, 0.2) is 124 Å². The summed E-state index contributed by atoms with van der Waals surface area (Å²) in [6.45, 7) is 2.56. The number of fused-ring (bicyclic) bond motifs is 3. The molecule has 0 spiro atoms. The molecule has 12 rings (SSSR count). The van der Waals surface area contributed by atoms with Crippen LogP contribution in [0.25, 0.3) is 33.5 Å². The molecule has 0 amide bonds. The summed E-state index contributed by atoms with van der Waals surface area (Å²) in [5.74, 6) is -4.26. The van der Waals surface area contributed by atoms with E-state index in [-0.39, 0.29) is 62.6 Å². The van der Waals surface area contributed by atoms with Gasteiger partial charge in [0.05, 0.1) is 44.9 Å². The Balaban J connectivity index is 0.684. The minimum atomic E-state index is -4.89. The lowest BCUT2D eigenvalue weighted by Gasteiger charge is -2.28. The number of nitrogens with two attached hydrogens (primary N) is 1. The standard InChI is InChI=1S/C67H79Cl3F3N18O24P3/c1-32(2)107-56(98)33(3)86-116(101,113-38-17-11-8-12-18-38)104-24-42-48(93)66(69,27-72)60(111-42)90-30-76-45-51(90)81-63(84-54(45)96)79-37(7)109-58(100)35(5)88-118(103,115-40-21-15-10-16-22-40)106-25-43-49(94)67(70,28-73)61(112-43)91-31-77-46-52(91)82-64(85-55(46)97)78-36(6)108-57(99)34(4)87-117(102,114-39-19-13-9-14-20-39)105-23-41-47(92)65(68,26-71)59(110-41)89-29-75-44-50(89)80-62(74)83-53(44)95/h8-22,29-37,41-43,47-49,59-61,92-94H,23-28H2,1-7H3,(H,86,101)(H,87,102)(H,88,103)(H3,74,80,83,95)(H2,78,82,85,97)(H2,79,81,84,96)/t33-,34-,35-,36?,37?,41+,42+,43+,47?,48?,49?,59+,60+,61+,65+,66+,67+,116?,117+,118-/m0/s1. The van der Waals surface area contributed by atoms with Crippen molar-refractivity contribution in [1.82, 2.24) is 73.8 Å². The Hall–Kier alpha value is -9.21. The van der Waals surface area contributed by atoms with Gasteiger partial charge in [0.15, 0.2) is 64.6 Å². The molecular formula is C67H79Cl3F3N18O24P3. The number of carbonyl (C=O) groups excluding carboxylic acids is 3. The zero-order chi connectivity index (χ0) is 85.1. The fourth-order valence-corrected chi connectivity index (χ4v) is 17.8. The van der Waals surface area contributed by atoms with Crippen molar-refractivity contribution in [3.05, 3.63) is 141 Å². The van der Waals surface area contributed by atoms with Crippen LogP contribution in [-0.2, 0) is 70.1 Å². The zero-order valence-electron chi connectivity index (χ0n) is 62.9. The summed E-state index contributed by atoms with van der Waals surface area (Å²) in [7, 11) is -14.2. The van der Waals surface area contributed by atoms with Gasteiger partial charge >= 0.3 is 41.1 Å². The van der Waals surface area contributed by atoms with Crippen LogP contribution >= 0.6 is 58.0 Å². The van der Waals surface area contributed by atoms with Gasteiger partial charge in [0.2, 0.25) is 17.8 Å². The number of aromatic nitrogens is 12. The molecule has 9 aromatic rings. The normalized spacial score (nSPS) is 26.1. The molecule has 3 aliphatic rings. The molecule has 0 aliphatic carbocycles. The molecule has 3 aromatic carbocycles. The van der Waals surface area contributed by atoms with E-state index in [9.17, 15) is 62.2 Å². The van der Waals surface area contributed by atoms with Crippen molar-refractivity contribution in [1.29, 1.82) is 0 Å². The molecule has 0 radical (unpaired) electrons. The second kappa shape index (κ2) is 36.0. The molecule has 3 fully saturated rings. The number of halogens is 6. The second-order valence-electron chi connectivity index (χ2n) is 27.4. The highest BCUT2D eigenvalue weighted by atomic mass is 35.5. The third-order valence-electron chi connectivity index (χ3n) is 18.2. The molecule has 20 atom stereocenters. The van der Waals surface area contributed by atoms with Gasteiger partial charge in [-0.25, -0.2) is 41.8 Å². The van der Waals surface area contributed by atoms with Crippen molar-refractivity contribution in [2.75, 3.05) is 56.2 Å². The molecule has 6 unspecified atom stereocenters. The van der Waals surface area contributed by atoms with Crippen LogP contribution in [0.2, 0.25) is 0 Å². The number of alkyl halides is 6. The van der Waals surface area contributed by atoms with Gasteiger partial charge < -0.3 is 73.7 Å². The van der Waals surface area contributed by atoms with E-state index in [0.29, 0.717) is 0 Å². The molecule has 6 aromatic heterocycles. The number of hydrogen-bond donors (Lipinski definition) is 12. The SMILES string of the molecule is CC(C)OC(=O)[C@H](C)NP(=O)(OC[C@H]1O[C@@H](n2cnc3c(=O)[nH]c(NC(C)OC(=O)[C@H](C)N[P@](=O)(OC[C@H]4O[C@@H](n5cnc6c(=O)[nH]c(NC(C)OC(=O)[C@H](C)N[P@@](=O)(OC[C@H]7O[C@@H](n8cnc9c(=O)[nH]c(N)nc98)[C@@](Cl)(CF)C7O)Oc7ccccc7)nc65)[C@@](Cl)(CF)C4O)Oc4ccccc4)nc32)[C@@](Cl)(CF)C1O)Oc1ccccc1. The number of H-pyrrole nitrogens is 3. The van der Waals surface area contributed by atoms with Crippen LogP contribution in [0.1, 0.15) is 67.1 Å². The van der Waals surface area contributed by atoms with E-state index < -0.39 is 210 Å². The van der Waals surface area contributed by atoms with Crippen molar-refractivity contribution in [2.45, 2.75) is 155 Å². The van der Waals surface area contributed by atoms with Crippen LogP contribution < -0.4 is 61.9 Å². The largest absolute Gasteiger partial charge is 0.462 e. The van der Waals surface area contributed by atoms with Crippen LogP contribution in [0.5, 0.6) is 17.2 Å². The molecule has 42 nitrogen and oxygen atoms in total. The number of aliphatic hydroxyl groups excluding tert-OH is 3. The van der Waals surface area contributed by atoms with E-state index >= 15 is 8.78 Å². The first-order valence-electron chi connectivity index (χ1n) is 35.8. The van der Waals surface area contributed by atoms with Crippen molar-refractivity contribution in [3.63, 3.8) is 0 Å². The maximum absolute atomic E-state index is 15.5. The van der Waals surface area contributed by atoms with E-state index in [1.165, 1.54) is 95.3 Å². The predicted octanol–water partition coefficient (Wildman–Crippen LogP) is 5.68. The quantitative estimate of drug-likeness (QED) is 0.00732. The number of rotatable bonds is 37. The minimum Gasteiger partial charge on any atom is -0.462 e. The number of carbonyl (C=O) groups is 3. The molecular weight excluding hydrogens is 1700 g/mol. The number of imidazole rings is 3. The molecule has 0 bridgehead atoms. The number of para-hydroxylation sites is 3. The molecule has 51 heteroatoms. The summed E-state index contributed by atoms with van der Waals surface area (Å²) >= 11 is 20.4. The monoisotopic (exact) mass is 1770 g/mol. The Kier molecular flexibility index (Phi) is 26.9. The summed E-state index contributed by atoms with van der Waals surface area (Å²) in [5, 5.41) is 47.5. The van der Waals surface area contributed by atoms with Crippen molar-refractivity contribution < 1.29 is 112 Å².